The lowest BCUT2D eigenvalue weighted by molar-refractivity contribution is -0.111. The second-order valence-electron chi connectivity index (χ2n) is 7.43. The molecule has 166 valence electrons. The van der Waals surface area contributed by atoms with E-state index in [4.69, 9.17) is 5.73 Å². The van der Waals surface area contributed by atoms with Gasteiger partial charge in [-0.25, -0.2) is 9.97 Å². The van der Waals surface area contributed by atoms with E-state index in [2.05, 4.69) is 20.6 Å². The molecule has 8 heteroatoms. The van der Waals surface area contributed by atoms with Gasteiger partial charge in [0, 0.05) is 25.4 Å². The molecule has 2 aromatic carbocycles. The summed E-state index contributed by atoms with van der Waals surface area (Å²) < 4.78 is 1.62. The van der Waals surface area contributed by atoms with Crippen LogP contribution in [0, 0.1) is 0 Å². The van der Waals surface area contributed by atoms with Crippen LogP contribution in [0.25, 0.3) is 17.0 Å². The van der Waals surface area contributed by atoms with Gasteiger partial charge in [-0.2, -0.15) is 0 Å². The number of anilines is 3. The van der Waals surface area contributed by atoms with Crippen LogP contribution in [-0.2, 0) is 11.3 Å². The number of aryl methyl sites for hydroxylation is 1. The molecule has 2 aromatic heterocycles. The number of rotatable bonds is 8. The molecule has 4 rings (SSSR count). The Morgan fingerprint density at radius 3 is 2.67 bits per heavy atom. The van der Waals surface area contributed by atoms with Gasteiger partial charge in [-0.05, 0) is 54.5 Å². The second-order valence-corrected chi connectivity index (χ2v) is 7.43. The van der Waals surface area contributed by atoms with Crippen molar-refractivity contribution in [2.45, 2.75) is 13.0 Å². The average molecular weight is 441 g/mol. The number of benzene rings is 2. The molecule has 0 radical (unpaired) electrons. The van der Waals surface area contributed by atoms with Crippen LogP contribution in [0.15, 0.2) is 84.1 Å². The Morgan fingerprint density at radius 2 is 1.85 bits per heavy atom. The number of nitrogens with zero attached hydrogens (tertiary/aromatic N) is 3. The number of fused-ring (bicyclic) bond motifs is 1. The number of amides is 1. The van der Waals surface area contributed by atoms with E-state index in [0.29, 0.717) is 35.4 Å². The number of carbonyl (C=O) groups excluding carboxylic acids is 1. The summed E-state index contributed by atoms with van der Waals surface area (Å²) in [5.41, 5.74) is 8.39. The number of nitrogen functional groups attached to an aromatic ring is 1. The lowest BCUT2D eigenvalue weighted by Gasteiger charge is -2.08. The first-order valence-electron chi connectivity index (χ1n) is 10.6. The van der Waals surface area contributed by atoms with Crippen molar-refractivity contribution < 1.29 is 4.79 Å². The quantitative estimate of drug-likeness (QED) is 0.219. The van der Waals surface area contributed by atoms with Crippen molar-refractivity contribution in [1.82, 2.24) is 14.5 Å². The van der Waals surface area contributed by atoms with Crippen LogP contribution in [0.1, 0.15) is 12.0 Å². The molecule has 0 spiro atoms. The van der Waals surface area contributed by atoms with Crippen molar-refractivity contribution in [3.63, 3.8) is 0 Å². The summed E-state index contributed by atoms with van der Waals surface area (Å²) in [6.45, 7) is 1.22. The number of carbonyl (C=O) groups is 1. The molecule has 0 bridgehead atoms. The number of para-hydroxylation sites is 3. The van der Waals surface area contributed by atoms with Crippen LogP contribution in [0.4, 0.5) is 17.2 Å². The molecular weight excluding hydrogens is 416 g/mol. The Morgan fingerprint density at radius 1 is 1.03 bits per heavy atom. The summed E-state index contributed by atoms with van der Waals surface area (Å²) in [6, 6.07) is 18.1. The standard InChI is InChI=1S/C25H24N6O2/c26-20-7-2-4-9-22(20)30-24(32)13-11-18-10-12-23(28-16-18)27-14-5-15-31-17-29-21-8-3-1-6-19(21)25(31)33/h1-4,6-13,16-17H,5,14-15,26H2,(H,27,28)(H,30,32)/b13-11+. The summed E-state index contributed by atoms with van der Waals surface area (Å²) >= 11 is 0. The summed E-state index contributed by atoms with van der Waals surface area (Å²) in [5.74, 6) is 0.450. The average Bonchev–Trinajstić information content (AvgIpc) is 2.84. The third-order valence-electron chi connectivity index (χ3n) is 5.05. The minimum atomic E-state index is -0.270. The van der Waals surface area contributed by atoms with Gasteiger partial charge in [0.1, 0.15) is 5.82 Å². The minimum absolute atomic E-state index is 0.0335. The highest BCUT2D eigenvalue weighted by Crippen LogP contribution is 2.16. The highest BCUT2D eigenvalue weighted by molar-refractivity contribution is 6.03. The van der Waals surface area contributed by atoms with E-state index in [1.807, 2.05) is 42.5 Å². The van der Waals surface area contributed by atoms with Gasteiger partial charge in [0.15, 0.2) is 0 Å². The van der Waals surface area contributed by atoms with Crippen molar-refractivity contribution in [2.24, 2.45) is 0 Å². The molecule has 2 heterocycles. The summed E-state index contributed by atoms with van der Waals surface area (Å²) in [6.07, 6.45) is 7.13. The van der Waals surface area contributed by atoms with Crippen molar-refractivity contribution in [3.8, 4) is 0 Å². The van der Waals surface area contributed by atoms with Crippen LogP contribution < -0.4 is 21.9 Å². The molecule has 8 nitrogen and oxygen atoms in total. The molecule has 0 unspecified atom stereocenters. The number of aromatic nitrogens is 3. The Hall–Kier alpha value is -4.46. The first kappa shape index (κ1) is 21.8. The van der Waals surface area contributed by atoms with Crippen LogP contribution in [0.2, 0.25) is 0 Å². The normalized spacial score (nSPS) is 11.0. The smallest absolute Gasteiger partial charge is 0.261 e. The number of pyridine rings is 1. The van der Waals surface area contributed by atoms with E-state index in [1.54, 1.807) is 41.4 Å². The molecule has 0 saturated heterocycles. The zero-order valence-corrected chi connectivity index (χ0v) is 17.9. The highest BCUT2D eigenvalue weighted by Gasteiger charge is 2.04. The number of nitrogens with one attached hydrogen (secondary N) is 2. The molecular formula is C25H24N6O2. The fraction of sp³-hybridized carbons (Fsp3) is 0.120. The van der Waals surface area contributed by atoms with Gasteiger partial charge in [0.05, 0.1) is 28.6 Å². The summed E-state index contributed by atoms with van der Waals surface area (Å²) in [7, 11) is 0. The van der Waals surface area contributed by atoms with Crippen LogP contribution in [0.5, 0.6) is 0 Å². The third kappa shape index (κ3) is 5.62. The molecule has 4 N–H and O–H groups in total. The monoisotopic (exact) mass is 440 g/mol. The van der Waals surface area contributed by atoms with Gasteiger partial charge in [-0.1, -0.05) is 24.3 Å². The number of hydrogen-bond acceptors (Lipinski definition) is 6. The number of nitrogens with two attached hydrogens (primary N) is 1. The topological polar surface area (TPSA) is 115 Å². The molecule has 33 heavy (non-hydrogen) atoms. The van der Waals surface area contributed by atoms with Crippen LogP contribution >= 0.6 is 0 Å². The zero-order valence-electron chi connectivity index (χ0n) is 17.9. The van der Waals surface area contributed by atoms with Crippen molar-refractivity contribution in [2.75, 3.05) is 22.9 Å². The van der Waals surface area contributed by atoms with Gasteiger partial charge >= 0.3 is 0 Å². The highest BCUT2D eigenvalue weighted by atomic mass is 16.1. The van der Waals surface area contributed by atoms with Crippen LogP contribution in [0.3, 0.4) is 0 Å². The molecule has 1 amide bonds. The van der Waals surface area contributed by atoms with E-state index in [0.717, 1.165) is 17.8 Å². The van der Waals surface area contributed by atoms with E-state index in [1.165, 1.54) is 6.08 Å². The summed E-state index contributed by atoms with van der Waals surface area (Å²) in [4.78, 5) is 33.3. The predicted molar refractivity (Wildman–Crippen MR) is 132 cm³/mol. The van der Waals surface area contributed by atoms with Crippen molar-refractivity contribution >= 4 is 40.1 Å². The van der Waals surface area contributed by atoms with E-state index >= 15 is 0 Å². The van der Waals surface area contributed by atoms with E-state index in [-0.39, 0.29) is 11.5 Å². The van der Waals surface area contributed by atoms with E-state index in [9.17, 15) is 9.59 Å². The van der Waals surface area contributed by atoms with Crippen molar-refractivity contribution in [3.05, 3.63) is 95.2 Å². The number of hydrogen-bond donors (Lipinski definition) is 3. The van der Waals surface area contributed by atoms with Gasteiger partial charge in [0.25, 0.3) is 5.56 Å². The third-order valence-corrected chi connectivity index (χ3v) is 5.05. The Kier molecular flexibility index (Phi) is 6.75. The van der Waals surface area contributed by atoms with Gasteiger partial charge in [0.2, 0.25) is 5.91 Å². The molecule has 0 aliphatic heterocycles. The van der Waals surface area contributed by atoms with Gasteiger partial charge < -0.3 is 16.4 Å². The lowest BCUT2D eigenvalue weighted by Crippen LogP contribution is -2.21. The van der Waals surface area contributed by atoms with Gasteiger partial charge in [-0.15, -0.1) is 0 Å². The molecule has 0 aliphatic carbocycles. The Balaban J connectivity index is 1.25. The minimum Gasteiger partial charge on any atom is -0.397 e. The first-order chi connectivity index (χ1) is 16.1. The second kappa shape index (κ2) is 10.2. The molecule has 0 fully saturated rings. The fourth-order valence-electron chi connectivity index (χ4n) is 3.30. The van der Waals surface area contributed by atoms with E-state index < -0.39 is 0 Å². The van der Waals surface area contributed by atoms with Gasteiger partial charge in [-0.3, -0.25) is 14.2 Å². The molecule has 0 atom stereocenters. The first-order valence-corrected chi connectivity index (χ1v) is 10.6. The zero-order chi connectivity index (χ0) is 23.0. The maximum absolute atomic E-state index is 12.5. The van der Waals surface area contributed by atoms with Crippen LogP contribution in [-0.4, -0.2) is 27.0 Å². The maximum atomic E-state index is 12.5. The Labute approximate surface area is 190 Å². The van der Waals surface area contributed by atoms with Crippen molar-refractivity contribution in [1.29, 1.82) is 0 Å². The Bertz CT molecular complexity index is 1350. The maximum Gasteiger partial charge on any atom is 0.261 e. The lowest BCUT2D eigenvalue weighted by atomic mass is 10.2. The predicted octanol–water partition coefficient (Wildman–Crippen LogP) is 3.53. The molecule has 0 saturated carbocycles. The summed E-state index contributed by atoms with van der Waals surface area (Å²) in [5, 5.41) is 6.60. The fourth-order valence-corrected chi connectivity index (χ4v) is 3.30. The molecule has 0 aliphatic rings. The molecule has 4 aromatic rings. The SMILES string of the molecule is Nc1ccccc1NC(=O)/C=C/c1ccc(NCCCn2cnc3ccccc3c2=O)nc1. The largest absolute Gasteiger partial charge is 0.397 e.